The van der Waals surface area contributed by atoms with Crippen molar-refractivity contribution in [2.24, 2.45) is 11.1 Å². The molecule has 1 aliphatic heterocycles. The average molecular weight is 228 g/mol. The third-order valence-electron chi connectivity index (χ3n) is 3.28. The number of carbonyl (C=O) groups is 1. The van der Waals surface area contributed by atoms with Gasteiger partial charge in [-0.25, -0.2) is 0 Å². The number of likely N-dealkylation sites (tertiary alicyclic amines) is 1. The number of nitrogens with zero attached hydrogens (tertiary/aromatic N) is 1. The lowest BCUT2D eigenvalue weighted by Gasteiger charge is -2.41. The van der Waals surface area contributed by atoms with Crippen molar-refractivity contribution < 1.29 is 9.53 Å². The molecule has 0 radical (unpaired) electrons. The van der Waals surface area contributed by atoms with Gasteiger partial charge in [0.25, 0.3) is 0 Å². The summed E-state index contributed by atoms with van der Waals surface area (Å²) in [7, 11) is 1.68. The van der Waals surface area contributed by atoms with Crippen molar-refractivity contribution in [3.05, 3.63) is 0 Å². The minimum atomic E-state index is -0.107. The summed E-state index contributed by atoms with van der Waals surface area (Å²) in [5.41, 5.74) is 5.99. The average Bonchev–Trinajstić information content (AvgIpc) is 2.41. The standard InChI is InChI=1S/C12H24N2O2/c1-8(2)14-10(15)6-9(13)11(14)12(3,4)7-16-5/h8-9,11H,6-7,13H2,1-5H3. The highest BCUT2D eigenvalue weighted by Gasteiger charge is 2.47. The number of methoxy groups -OCH3 is 1. The fourth-order valence-corrected chi connectivity index (χ4v) is 2.80. The van der Waals surface area contributed by atoms with E-state index in [1.165, 1.54) is 0 Å². The minimum Gasteiger partial charge on any atom is -0.384 e. The van der Waals surface area contributed by atoms with Gasteiger partial charge in [-0.3, -0.25) is 4.79 Å². The topological polar surface area (TPSA) is 55.6 Å². The molecule has 1 fully saturated rings. The molecule has 0 spiro atoms. The number of amides is 1. The van der Waals surface area contributed by atoms with E-state index in [2.05, 4.69) is 13.8 Å². The number of hydrogen-bond donors (Lipinski definition) is 1. The van der Waals surface area contributed by atoms with Gasteiger partial charge in [-0.05, 0) is 13.8 Å². The maximum atomic E-state index is 11.9. The SMILES string of the molecule is COCC(C)(C)C1C(N)CC(=O)N1C(C)C. The quantitative estimate of drug-likeness (QED) is 0.781. The molecule has 1 amide bonds. The molecule has 94 valence electrons. The van der Waals surface area contributed by atoms with Gasteiger partial charge in [0.1, 0.15) is 0 Å². The van der Waals surface area contributed by atoms with E-state index < -0.39 is 0 Å². The molecular weight excluding hydrogens is 204 g/mol. The first kappa shape index (κ1) is 13.5. The Kier molecular flexibility index (Phi) is 3.97. The third-order valence-corrected chi connectivity index (χ3v) is 3.28. The van der Waals surface area contributed by atoms with Crippen LogP contribution in [0.5, 0.6) is 0 Å². The van der Waals surface area contributed by atoms with Crippen molar-refractivity contribution in [3.63, 3.8) is 0 Å². The molecule has 0 aromatic heterocycles. The van der Waals surface area contributed by atoms with E-state index in [-0.39, 0.29) is 29.4 Å². The minimum absolute atomic E-state index is 0.0694. The summed E-state index contributed by atoms with van der Waals surface area (Å²) in [6.45, 7) is 8.89. The van der Waals surface area contributed by atoms with Gasteiger partial charge >= 0.3 is 0 Å². The molecule has 0 aromatic carbocycles. The monoisotopic (exact) mass is 228 g/mol. The molecule has 4 heteroatoms. The third kappa shape index (κ3) is 2.38. The molecule has 0 aliphatic carbocycles. The van der Waals surface area contributed by atoms with Gasteiger partial charge in [0.2, 0.25) is 5.91 Å². The first-order valence-electron chi connectivity index (χ1n) is 5.87. The summed E-state index contributed by atoms with van der Waals surface area (Å²) < 4.78 is 5.24. The van der Waals surface area contributed by atoms with Gasteiger partial charge in [-0.2, -0.15) is 0 Å². The molecule has 16 heavy (non-hydrogen) atoms. The van der Waals surface area contributed by atoms with Crippen LogP contribution in [0.3, 0.4) is 0 Å². The molecule has 1 heterocycles. The number of hydrogen-bond acceptors (Lipinski definition) is 3. The lowest BCUT2D eigenvalue weighted by atomic mass is 9.81. The Morgan fingerprint density at radius 2 is 2.12 bits per heavy atom. The van der Waals surface area contributed by atoms with Gasteiger partial charge in [-0.1, -0.05) is 13.8 Å². The van der Waals surface area contributed by atoms with E-state index in [1.54, 1.807) is 7.11 Å². The van der Waals surface area contributed by atoms with Gasteiger partial charge in [0, 0.05) is 31.0 Å². The van der Waals surface area contributed by atoms with Crippen molar-refractivity contribution in [3.8, 4) is 0 Å². The molecule has 0 bridgehead atoms. The van der Waals surface area contributed by atoms with Gasteiger partial charge < -0.3 is 15.4 Å². The lowest BCUT2D eigenvalue weighted by Crippen LogP contribution is -2.53. The predicted molar refractivity (Wildman–Crippen MR) is 64.0 cm³/mol. The van der Waals surface area contributed by atoms with Crippen LogP contribution < -0.4 is 5.73 Å². The Hall–Kier alpha value is -0.610. The van der Waals surface area contributed by atoms with Crippen molar-refractivity contribution in [1.29, 1.82) is 0 Å². The van der Waals surface area contributed by atoms with Crippen molar-refractivity contribution >= 4 is 5.91 Å². The van der Waals surface area contributed by atoms with Crippen molar-refractivity contribution in [1.82, 2.24) is 4.90 Å². The molecule has 4 nitrogen and oxygen atoms in total. The van der Waals surface area contributed by atoms with Gasteiger partial charge in [0.15, 0.2) is 0 Å². The molecule has 2 atom stereocenters. The predicted octanol–water partition coefficient (Wildman–Crippen LogP) is 0.996. The zero-order valence-electron chi connectivity index (χ0n) is 11.0. The van der Waals surface area contributed by atoms with E-state index >= 15 is 0 Å². The van der Waals surface area contributed by atoms with Crippen LogP contribution in [-0.4, -0.2) is 42.6 Å². The number of nitrogens with two attached hydrogens (primary N) is 1. The van der Waals surface area contributed by atoms with E-state index in [4.69, 9.17) is 10.5 Å². The normalized spacial score (nSPS) is 26.9. The highest BCUT2D eigenvalue weighted by Crippen LogP contribution is 2.34. The molecule has 1 saturated heterocycles. The summed E-state index contributed by atoms with van der Waals surface area (Å²) in [4.78, 5) is 13.8. The Morgan fingerprint density at radius 1 is 1.56 bits per heavy atom. The number of carbonyl (C=O) groups excluding carboxylic acids is 1. The molecule has 1 aliphatic rings. The molecule has 1 rings (SSSR count). The van der Waals surface area contributed by atoms with Crippen LogP contribution in [0.4, 0.5) is 0 Å². The van der Waals surface area contributed by atoms with Crippen LogP contribution in [0.15, 0.2) is 0 Å². The van der Waals surface area contributed by atoms with E-state index in [1.807, 2.05) is 18.7 Å². The maximum Gasteiger partial charge on any atom is 0.224 e. The first-order chi connectivity index (χ1) is 7.31. The molecule has 2 N–H and O–H groups in total. The van der Waals surface area contributed by atoms with Crippen LogP contribution in [0.1, 0.15) is 34.1 Å². The van der Waals surface area contributed by atoms with Crippen LogP contribution in [0.25, 0.3) is 0 Å². The second kappa shape index (κ2) is 4.72. The smallest absolute Gasteiger partial charge is 0.224 e. The molecule has 2 unspecified atom stereocenters. The highest BCUT2D eigenvalue weighted by atomic mass is 16.5. The summed E-state index contributed by atoms with van der Waals surface area (Å²) in [6, 6.07) is 0.183. The summed E-state index contributed by atoms with van der Waals surface area (Å²) in [6.07, 6.45) is 0.454. The second-order valence-electron chi connectivity index (χ2n) is 5.63. The summed E-state index contributed by atoms with van der Waals surface area (Å²) in [5, 5.41) is 0. The Labute approximate surface area is 98.1 Å². The molecule has 0 saturated carbocycles. The zero-order chi connectivity index (χ0) is 12.5. The van der Waals surface area contributed by atoms with Crippen LogP contribution in [0, 0.1) is 5.41 Å². The largest absolute Gasteiger partial charge is 0.384 e. The second-order valence-corrected chi connectivity index (χ2v) is 5.63. The van der Waals surface area contributed by atoms with E-state index in [0.717, 1.165) is 0 Å². The fraction of sp³-hybridized carbons (Fsp3) is 0.917. The number of ether oxygens (including phenoxy) is 1. The van der Waals surface area contributed by atoms with Crippen LogP contribution in [-0.2, 0) is 9.53 Å². The molecule has 0 aromatic rings. The first-order valence-corrected chi connectivity index (χ1v) is 5.87. The van der Waals surface area contributed by atoms with Crippen molar-refractivity contribution in [2.45, 2.75) is 52.2 Å². The highest BCUT2D eigenvalue weighted by molar-refractivity contribution is 5.80. The van der Waals surface area contributed by atoms with Crippen LogP contribution in [0.2, 0.25) is 0 Å². The summed E-state index contributed by atoms with van der Waals surface area (Å²) in [5.74, 6) is 0.164. The number of rotatable bonds is 4. The maximum absolute atomic E-state index is 11.9. The van der Waals surface area contributed by atoms with Gasteiger partial charge in [0.05, 0.1) is 12.6 Å². The zero-order valence-corrected chi connectivity index (χ0v) is 11.0. The van der Waals surface area contributed by atoms with E-state index in [0.29, 0.717) is 13.0 Å². The van der Waals surface area contributed by atoms with Crippen LogP contribution >= 0.6 is 0 Å². The van der Waals surface area contributed by atoms with Crippen molar-refractivity contribution in [2.75, 3.05) is 13.7 Å². The fourth-order valence-electron chi connectivity index (χ4n) is 2.80. The lowest BCUT2D eigenvalue weighted by molar-refractivity contribution is -0.133. The Morgan fingerprint density at radius 3 is 2.56 bits per heavy atom. The molecular formula is C12H24N2O2. The Bertz CT molecular complexity index is 264. The van der Waals surface area contributed by atoms with E-state index in [9.17, 15) is 4.79 Å². The Balaban J connectivity index is 2.94. The summed E-state index contributed by atoms with van der Waals surface area (Å²) >= 11 is 0. The van der Waals surface area contributed by atoms with Gasteiger partial charge in [-0.15, -0.1) is 0 Å².